The number of hydrogen-bond donors (Lipinski definition) is 0. The number of rotatable bonds is 2. The molecule has 1 aliphatic rings. The van der Waals surface area contributed by atoms with Crippen LogP contribution in [-0.2, 0) is 0 Å². The maximum atomic E-state index is 4.44. The molecule has 0 fully saturated rings. The molecule has 2 heterocycles. The minimum absolute atomic E-state index is 1.12. The molecule has 0 unspecified atom stereocenters. The van der Waals surface area contributed by atoms with Crippen molar-refractivity contribution in [2.75, 3.05) is 0 Å². The van der Waals surface area contributed by atoms with Gasteiger partial charge in [-0.1, -0.05) is 115 Å². The molecule has 2 aromatic heterocycles. The van der Waals surface area contributed by atoms with E-state index in [9.17, 15) is 0 Å². The van der Waals surface area contributed by atoms with Crippen LogP contribution in [0.15, 0.2) is 158 Å². The molecule has 0 radical (unpaired) electrons. The Morgan fingerprint density at radius 1 is 0.372 bits per heavy atom. The Kier molecular flexibility index (Phi) is 5.23. The molecule has 200 valence electrons. The summed E-state index contributed by atoms with van der Waals surface area (Å²) in [4.78, 5) is 4.44. The highest BCUT2D eigenvalue weighted by Crippen LogP contribution is 2.48. The minimum Gasteiger partial charge on any atom is -0.308 e. The average Bonchev–Trinajstić information content (AvgIpc) is 3.42. The van der Waals surface area contributed by atoms with Crippen LogP contribution >= 0.6 is 0 Å². The van der Waals surface area contributed by atoms with Gasteiger partial charge < -0.3 is 4.57 Å². The van der Waals surface area contributed by atoms with Crippen molar-refractivity contribution in [2.45, 2.75) is 0 Å². The van der Waals surface area contributed by atoms with E-state index >= 15 is 0 Å². The fraction of sp³-hybridized carbons (Fsp3) is 0. The molecule has 8 aromatic rings. The van der Waals surface area contributed by atoms with Gasteiger partial charge in [-0.3, -0.25) is 4.98 Å². The van der Waals surface area contributed by atoms with Crippen LogP contribution in [0.1, 0.15) is 0 Å². The number of hydrogen-bond acceptors (Lipinski definition) is 1. The second kappa shape index (κ2) is 9.40. The van der Waals surface area contributed by atoms with Crippen molar-refractivity contribution in [1.29, 1.82) is 0 Å². The van der Waals surface area contributed by atoms with Crippen molar-refractivity contribution in [3.63, 3.8) is 0 Å². The molecule has 43 heavy (non-hydrogen) atoms. The Bertz CT molecular complexity index is 2280. The van der Waals surface area contributed by atoms with Crippen LogP contribution in [0.2, 0.25) is 0 Å². The van der Waals surface area contributed by atoms with Crippen molar-refractivity contribution in [3.8, 4) is 61.3 Å². The number of nitrogens with zero attached hydrogens (tertiary/aromatic N) is 2. The molecule has 0 saturated heterocycles. The fourth-order valence-corrected chi connectivity index (χ4v) is 6.94. The van der Waals surface area contributed by atoms with Gasteiger partial charge in [0.2, 0.25) is 0 Å². The van der Waals surface area contributed by atoms with Crippen molar-refractivity contribution in [1.82, 2.24) is 9.55 Å². The molecule has 0 amide bonds. The first-order valence-corrected chi connectivity index (χ1v) is 14.7. The Hall–Kier alpha value is -5.73. The Balaban J connectivity index is 1.22. The summed E-state index contributed by atoms with van der Waals surface area (Å²) in [5.41, 5.74) is 16.0. The van der Waals surface area contributed by atoms with Crippen LogP contribution in [0.3, 0.4) is 0 Å². The summed E-state index contributed by atoms with van der Waals surface area (Å²) in [7, 11) is 0. The molecule has 2 nitrogen and oxygen atoms in total. The van der Waals surface area contributed by atoms with Gasteiger partial charge in [0.05, 0.1) is 17.2 Å². The summed E-state index contributed by atoms with van der Waals surface area (Å²) < 4.78 is 2.31. The van der Waals surface area contributed by atoms with Gasteiger partial charge in [-0.2, -0.15) is 0 Å². The lowest BCUT2D eigenvalue weighted by atomic mass is 9.80. The monoisotopic (exact) mass is 546 g/mol. The lowest BCUT2D eigenvalue weighted by Gasteiger charge is -2.23. The molecule has 2 heteroatoms. The summed E-state index contributed by atoms with van der Waals surface area (Å²) in [5, 5.41) is 2.46. The van der Waals surface area contributed by atoms with Gasteiger partial charge in [-0.05, 0) is 86.0 Å². The summed E-state index contributed by atoms with van der Waals surface area (Å²) in [6.45, 7) is 0. The van der Waals surface area contributed by atoms with E-state index in [1.54, 1.807) is 0 Å². The second-order valence-corrected chi connectivity index (χ2v) is 11.2. The molecule has 0 bridgehead atoms. The summed E-state index contributed by atoms with van der Waals surface area (Å²) in [5.74, 6) is 0. The lowest BCUT2D eigenvalue weighted by Crippen LogP contribution is -1.97. The van der Waals surface area contributed by atoms with E-state index in [1.807, 2.05) is 12.4 Å². The third kappa shape index (κ3) is 3.63. The van der Waals surface area contributed by atoms with Gasteiger partial charge in [0.1, 0.15) is 0 Å². The Labute approximate surface area is 250 Å². The summed E-state index contributed by atoms with van der Waals surface area (Å²) >= 11 is 0. The van der Waals surface area contributed by atoms with Crippen molar-refractivity contribution < 1.29 is 0 Å². The molecule has 0 N–H and O–H groups in total. The first-order chi connectivity index (χ1) is 21.3. The van der Waals surface area contributed by atoms with Gasteiger partial charge in [0, 0.05) is 22.7 Å². The van der Waals surface area contributed by atoms with E-state index in [-0.39, 0.29) is 0 Å². The van der Waals surface area contributed by atoms with Gasteiger partial charge in [0.25, 0.3) is 0 Å². The molecule has 0 saturated carbocycles. The quantitative estimate of drug-likeness (QED) is 0.211. The van der Waals surface area contributed by atoms with E-state index in [4.69, 9.17) is 0 Å². The summed E-state index contributed by atoms with van der Waals surface area (Å²) in [6.07, 6.45) is 3.84. The van der Waals surface area contributed by atoms with E-state index < -0.39 is 0 Å². The van der Waals surface area contributed by atoms with Crippen LogP contribution in [0.4, 0.5) is 0 Å². The molecule has 0 spiro atoms. The smallest absolute Gasteiger partial charge is 0.0724 e. The van der Waals surface area contributed by atoms with Crippen molar-refractivity contribution in [3.05, 3.63) is 158 Å². The average molecular weight is 547 g/mol. The van der Waals surface area contributed by atoms with E-state index in [0.29, 0.717) is 0 Å². The third-order valence-electron chi connectivity index (χ3n) is 8.90. The molecular weight excluding hydrogens is 520 g/mol. The molecule has 0 aliphatic heterocycles. The standard InChI is InChI=1S/C41H26N2/c1-2-10-31-30(9-1)32-11-3-4-13-34(32)36-22-19-28(25-39(36)35-14-6-5-12-33(31)35)27-17-20-29(21-18-27)43-40-16-8-7-15-37(40)38-23-24-42-26-41(38)43/h1-26H. The van der Waals surface area contributed by atoms with E-state index in [0.717, 1.165) is 11.2 Å². The normalized spacial score (nSPS) is 11.7. The van der Waals surface area contributed by atoms with Gasteiger partial charge in [-0.25, -0.2) is 0 Å². The first kappa shape index (κ1) is 23.9. The molecular formula is C41H26N2. The molecule has 9 rings (SSSR count). The van der Waals surface area contributed by atoms with Crippen LogP contribution in [-0.4, -0.2) is 9.55 Å². The number of fused-ring (bicyclic) bond motifs is 11. The predicted molar refractivity (Wildman–Crippen MR) is 179 cm³/mol. The maximum Gasteiger partial charge on any atom is 0.0724 e. The zero-order chi connectivity index (χ0) is 28.3. The van der Waals surface area contributed by atoms with Gasteiger partial charge >= 0.3 is 0 Å². The lowest BCUT2D eigenvalue weighted by molar-refractivity contribution is 1.17. The maximum absolute atomic E-state index is 4.44. The molecule has 1 aliphatic carbocycles. The van der Waals surface area contributed by atoms with Crippen LogP contribution in [0, 0.1) is 0 Å². The van der Waals surface area contributed by atoms with E-state index in [1.165, 1.54) is 71.9 Å². The van der Waals surface area contributed by atoms with E-state index in [2.05, 4.69) is 155 Å². The van der Waals surface area contributed by atoms with Crippen LogP contribution < -0.4 is 0 Å². The highest BCUT2D eigenvalue weighted by molar-refractivity contribution is 6.09. The van der Waals surface area contributed by atoms with Crippen LogP contribution in [0.5, 0.6) is 0 Å². The van der Waals surface area contributed by atoms with Gasteiger partial charge in [-0.15, -0.1) is 0 Å². The topological polar surface area (TPSA) is 17.8 Å². The van der Waals surface area contributed by atoms with Crippen molar-refractivity contribution >= 4 is 21.8 Å². The highest BCUT2D eigenvalue weighted by Gasteiger charge is 2.22. The zero-order valence-electron chi connectivity index (χ0n) is 23.4. The fourth-order valence-electron chi connectivity index (χ4n) is 6.94. The third-order valence-corrected chi connectivity index (χ3v) is 8.90. The molecule has 6 aromatic carbocycles. The second-order valence-electron chi connectivity index (χ2n) is 11.2. The zero-order valence-corrected chi connectivity index (χ0v) is 23.4. The first-order valence-electron chi connectivity index (χ1n) is 14.7. The SMILES string of the molecule is c1ccc2c(c1)-c1ccccc1-c1ccc(-c3ccc(-n4c5ccccc5c5ccncc54)cc3)cc1-c1ccccc1-2. The molecule has 0 atom stereocenters. The van der Waals surface area contributed by atoms with Crippen LogP contribution in [0.25, 0.3) is 83.1 Å². The minimum atomic E-state index is 1.12. The number of pyridine rings is 1. The largest absolute Gasteiger partial charge is 0.308 e. The Morgan fingerprint density at radius 3 is 1.49 bits per heavy atom. The number of para-hydroxylation sites is 1. The van der Waals surface area contributed by atoms with Crippen molar-refractivity contribution in [2.24, 2.45) is 0 Å². The van der Waals surface area contributed by atoms with Gasteiger partial charge in [0.15, 0.2) is 0 Å². The Morgan fingerprint density at radius 2 is 0.860 bits per heavy atom. The predicted octanol–water partition coefficient (Wildman–Crippen LogP) is 10.8. The summed E-state index contributed by atoms with van der Waals surface area (Å²) in [6, 6.07) is 53.0. The number of benzene rings is 6. The highest BCUT2D eigenvalue weighted by atomic mass is 15.0. The number of aromatic nitrogens is 2.